The maximum absolute atomic E-state index is 6.31. The van der Waals surface area contributed by atoms with Gasteiger partial charge in [-0.2, -0.15) is 0 Å². The molecule has 0 aliphatic heterocycles. The molecule has 1 aliphatic carbocycles. The molecule has 0 amide bonds. The molecule has 1 nitrogen and oxygen atoms in total. The Bertz CT molecular complexity index is 161. The van der Waals surface area contributed by atoms with Crippen LogP contribution < -0.4 is 5.73 Å². The van der Waals surface area contributed by atoms with E-state index in [0.29, 0.717) is 6.04 Å². The molecule has 1 saturated carbocycles. The van der Waals surface area contributed by atoms with Crippen LogP contribution in [0.2, 0.25) is 0 Å². The highest BCUT2D eigenvalue weighted by Gasteiger charge is 2.31. The maximum atomic E-state index is 6.31. The van der Waals surface area contributed by atoms with Crippen molar-refractivity contribution in [1.29, 1.82) is 0 Å². The van der Waals surface area contributed by atoms with Gasteiger partial charge >= 0.3 is 0 Å². The zero-order chi connectivity index (χ0) is 10.8. The lowest BCUT2D eigenvalue weighted by molar-refractivity contribution is 0.167. The summed E-state index contributed by atoms with van der Waals surface area (Å²) < 4.78 is 0. The van der Waals surface area contributed by atoms with Crippen molar-refractivity contribution in [1.82, 2.24) is 0 Å². The predicted octanol–water partition coefficient (Wildman–Crippen LogP) is 3.58. The largest absolute Gasteiger partial charge is 0.327 e. The molecular weight excluding hydrogens is 170 g/mol. The minimum Gasteiger partial charge on any atom is -0.327 e. The van der Waals surface area contributed by atoms with Gasteiger partial charge in [-0.05, 0) is 30.1 Å². The molecule has 0 radical (unpaired) electrons. The highest BCUT2D eigenvalue weighted by atomic mass is 14.7. The Hall–Kier alpha value is -0.0400. The van der Waals surface area contributed by atoms with E-state index in [9.17, 15) is 0 Å². The van der Waals surface area contributed by atoms with Crippen LogP contribution in [0.3, 0.4) is 0 Å². The molecule has 1 heteroatoms. The Kier molecular flexibility index (Phi) is 4.00. The predicted molar refractivity (Wildman–Crippen MR) is 63.2 cm³/mol. The summed E-state index contributed by atoms with van der Waals surface area (Å²) in [4.78, 5) is 0. The van der Waals surface area contributed by atoms with Crippen molar-refractivity contribution < 1.29 is 0 Å². The average Bonchev–Trinajstić information content (AvgIpc) is 2.15. The van der Waals surface area contributed by atoms with Crippen molar-refractivity contribution in [2.45, 2.75) is 65.8 Å². The topological polar surface area (TPSA) is 26.0 Å². The lowest BCUT2D eigenvalue weighted by Crippen LogP contribution is -2.43. The Balaban J connectivity index is 2.42. The van der Waals surface area contributed by atoms with E-state index >= 15 is 0 Å². The van der Waals surface area contributed by atoms with E-state index in [1.165, 1.54) is 32.1 Å². The molecule has 1 fully saturated rings. The molecule has 1 unspecified atom stereocenters. The number of nitrogens with two attached hydrogens (primary N) is 1. The van der Waals surface area contributed by atoms with E-state index in [0.717, 1.165) is 11.8 Å². The summed E-state index contributed by atoms with van der Waals surface area (Å²) in [5.74, 6) is 1.76. The number of rotatable bonds is 2. The fraction of sp³-hybridized carbons (Fsp3) is 1.00. The number of hydrogen-bond donors (Lipinski definition) is 1. The fourth-order valence-electron chi connectivity index (χ4n) is 2.66. The number of hydrogen-bond acceptors (Lipinski definition) is 1. The zero-order valence-electron chi connectivity index (χ0n) is 10.3. The van der Waals surface area contributed by atoms with Gasteiger partial charge in [-0.15, -0.1) is 0 Å². The molecule has 84 valence electrons. The first-order valence-electron chi connectivity index (χ1n) is 6.20. The van der Waals surface area contributed by atoms with Crippen LogP contribution in [0.4, 0.5) is 0 Å². The molecule has 0 saturated heterocycles. The average molecular weight is 197 g/mol. The second-order valence-electron chi connectivity index (χ2n) is 6.08. The standard InChI is InChI=1S/C13H27N/c1-5-10-6-8-11(9-7-10)12(14)13(2,3)4/h10-12H,5-9,14H2,1-4H3. The molecule has 1 rings (SSSR count). The first kappa shape index (κ1) is 12.0. The van der Waals surface area contributed by atoms with Crippen molar-refractivity contribution in [3.05, 3.63) is 0 Å². The highest BCUT2D eigenvalue weighted by Crippen LogP contribution is 2.36. The van der Waals surface area contributed by atoms with Crippen molar-refractivity contribution in [3.63, 3.8) is 0 Å². The summed E-state index contributed by atoms with van der Waals surface area (Å²) in [7, 11) is 0. The van der Waals surface area contributed by atoms with Gasteiger partial charge < -0.3 is 5.73 Å². The van der Waals surface area contributed by atoms with Crippen LogP contribution in [0.5, 0.6) is 0 Å². The van der Waals surface area contributed by atoms with Crippen molar-refractivity contribution in [3.8, 4) is 0 Å². The summed E-state index contributed by atoms with van der Waals surface area (Å²) in [6.45, 7) is 9.12. The van der Waals surface area contributed by atoms with Crippen LogP contribution in [0, 0.1) is 17.3 Å². The van der Waals surface area contributed by atoms with Crippen LogP contribution in [-0.4, -0.2) is 6.04 Å². The van der Waals surface area contributed by atoms with Crippen LogP contribution in [0.1, 0.15) is 59.8 Å². The second-order valence-corrected chi connectivity index (χ2v) is 6.08. The van der Waals surface area contributed by atoms with Gasteiger partial charge in [0.15, 0.2) is 0 Å². The first-order valence-corrected chi connectivity index (χ1v) is 6.20. The van der Waals surface area contributed by atoms with Gasteiger partial charge in [0.25, 0.3) is 0 Å². The normalized spacial score (nSPS) is 31.5. The molecule has 1 atom stereocenters. The maximum Gasteiger partial charge on any atom is 0.0116 e. The quantitative estimate of drug-likeness (QED) is 0.719. The summed E-state index contributed by atoms with van der Waals surface area (Å²) in [5.41, 5.74) is 6.59. The molecule has 0 heterocycles. The Morgan fingerprint density at radius 2 is 1.64 bits per heavy atom. The SMILES string of the molecule is CCC1CCC(C(N)C(C)(C)C)CC1. The van der Waals surface area contributed by atoms with Gasteiger partial charge in [0.1, 0.15) is 0 Å². The van der Waals surface area contributed by atoms with E-state index in [-0.39, 0.29) is 5.41 Å². The van der Waals surface area contributed by atoms with Gasteiger partial charge in [0.2, 0.25) is 0 Å². The molecule has 0 bridgehead atoms. The third kappa shape index (κ3) is 2.98. The third-order valence-electron chi connectivity index (χ3n) is 3.98. The Labute approximate surface area is 89.5 Å². The molecule has 0 aromatic carbocycles. The molecule has 0 aromatic rings. The molecular formula is C13H27N. The molecule has 0 aromatic heterocycles. The molecule has 0 spiro atoms. The van der Waals surface area contributed by atoms with E-state index in [1.54, 1.807) is 0 Å². The first-order chi connectivity index (χ1) is 6.45. The lowest BCUT2D eigenvalue weighted by Gasteiger charge is -2.38. The van der Waals surface area contributed by atoms with Crippen molar-refractivity contribution >= 4 is 0 Å². The van der Waals surface area contributed by atoms with Crippen molar-refractivity contribution in [2.24, 2.45) is 23.0 Å². The molecule has 2 N–H and O–H groups in total. The molecule has 14 heavy (non-hydrogen) atoms. The molecule has 1 aliphatic rings. The fourth-order valence-corrected chi connectivity index (χ4v) is 2.66. The van der Waals surface area contributed by atoms with Crippen molar-refractivity contribution in [2.75, 3.05) is 0 Å². The van der Waals surface area contributed by atoms with Gasteiger partial charge in [-0.3, -0.25) is 0 Å². The Morgan fingerprint density at radius 3 is 2.00 bits per heavy atom. The third-order valence-corrected chi connectivity index (χ3v) is 3.98. The van der Waals surface area contributed by atoms with Crippen LogP contribution in [0.15, 0.2) is 0 Å². The lowest BCUT2D eigenvalue weighted by atomic mass is 9.71. The van der Waals surface area contributed by atoms with Crippen LogP contribution in [-0.2, 0) is 0 Å². The van der Waals surface area contributed by atoms with E-state index in [2.05, 4.69) is 27.7 Å². The van der Waals surface area contributed by atoms with E-state index in [4.69, 9.17) is 5.73 Å². The minimum atomic E-state index is 0.281. The summed E-state index contributed by atoms with van der Waals surface area (Å²) in [5, 5.41) is 0. The van der Waals surface area contributed by atoms with Gasteiger partial charge in [-0.1, -0.05) is 47.0 Å². The van der Waals surface area contributed by atoms with Crippen LogP contribution >= 0.6 is 0 Å². The van der Waals surface area contributed by atoms with Gasteiger partial charge in [-0.25, -0.2) is 0 Å². The Morgan fingerprint density at radius 1 is 1.14 bits per heavy atom. The summed E-state index contributed by atoms with van der Waals surface area (Å²) in [6, 6.07) is 0.389. The summed E-state index contributed by atoms with van der Waals surface area (Å²) >= 11 is 0. The van der Waals surface area contributed by atoms with Gasteiger partial charge in [0.05, 0.1) is 0 Å². The van der Waals surface area contributed by atoms with Gasteiger partial charge in [0, 0.05) is 6.04 Å². The van der Waals surface area contributed by atoms with Crippen LogP contribution in [0.25, 0.3) is 0 Å². The zero-order valence-corrected chi connectivity index (χ0v) is 10.3. The monoisotopic (exact) mass is 197 g/mol. The summed E-state index contributed by atoms with van der Waals surface area (Å²) in [6.07, 6.45) is 6.89. The highest BCUT2D eigenvalue weighted by molar-refractivity contribution is 4.86. The second kappa shape index (κ2) is 4.65. The van der Waals surface area contributed by atoms with E-state index in [1.807, 2.05) is 0 Å². The van der Waals surface area contributed by atoms with E-state index < -0.39 is 0 Å². The minimum absolute atomic E-state index is 0.281. The smallest absolute Gasteiger partial charge is 0.0116 e.